The van der Waals surface area contributed by atoms with Crippen LogP contribution in [0.4, 0.5) is 5.95 Å². The van der Waals surface area contributed by atoms with Gasteiger partial charge in [0.25, 0.3) is 0 Å². The van der Waals surface area contributed by atoms with Gasteiger partial charge in [-0.25, -0.2) is 9.13 Å². The maximum Gasteiger partial charge on any atom is 0.355 e. The number of carbonyl (C=O) groups is 1. The minimum absolute atomic E-state index is 0. The molecule has 0 spiro atoms. The molecule has 3 rings (SSSR count). The van der Waals surface area contributed by atoms with Crippen LogP contribution in [0, 0.1) is 0 Å². The van der Waals surface area contributed by atoms with Crippen molar-refractivity contribution in [3.05, 3.63) is 69.8 Å². The van der Waals surface area contributed by atoms with E-state index in [0.29, 0.717) is 16.5 Å². The summed E-state index contributed by atoms with van der Waals surface area (Å²) >= 11 is 9.43. The van der Waals surface area contributed by atoms with E-state index in [9.17, 15) is 4.79 Å². The fraction of sp³-hybridized carbons (Fsp3) is 0.111. The number of benzene rings is 2. The minimum Gasteiger partial charge on any atom is -1.00 e. The molecule has 0 aliphatic heterocycles. The lowest BCUT2D eigenvalue weighted by molar-refractivity contribution is -0.667. The van der Waals surface area contributed by atoms with E-state index < -0.39 is 0 Å². The summed E-state index contributed by atoms with van der Waals surface area (Å²) in [6, 6.07) is 14.8. The fourth-order valence-electron chi connectivity index (χ4n) is 2.54. The second-order valence-corrected chi connectivity index (χ2v) is 6.85. The number of nitrogens with zero attached hydrogens (tertiary/aromatic N) is 2. The van der Waals surface area contributed by atoms with Crippen molar-refractivity contribution in [2.24, 2.45) is 7.05 Å². The zero-order valence-electron chi connectivity index (χ0n) is 13.4. The highest BCUT2D eigenvalue weighted by atomic mass is 79.9. The van der Waals surface area contributed by atoms with Crippen molar-refractivity contribution >= 4 is 39.3 Å². The lowest BCUT2D eigenvalue weighted by Gasteiger charge is -2.00. The van der Waals surface area contributed by atoms with Crippen LogP contribution in [-0.2, 0) is 13.6 Å². The maximum atomic E-state index is 12.5. The van der Waals surface area contributed by atoms with E-state index in [0.717, 1.165) is 15.7 Å². The van der Waals surface area contributed by atoms with E-state index >= 15 is 0 Å². The van der Waals surface area contributed by atoms with E-state index in [1.807, 2.05) is 54.2 Å². The standard InChI is InChI=1S/C18H15BrClN3O.BrH/c1-22-16(13-3-2-4-15(20)9-13)10-23(18(22)21)11-17(24)12-5-7-14(19)8-6-12;/h2-10,21H,11H2,1H3;1H. The number of rotatable bonds is 4. The van der Waals surface area contributed by atoms with Crippen LogP contribution in [0.5, 0.6) is 0 Å². The molecule has 0 unspecified atom stereocenters. The first-order valence-electron chi connectivity index (χ1n) is 7.35. The minimum atomic E-state index is 0. The molecular weight excluding hydrogens is 469 g/mol. The van der Waals surface area contributed by atoms with Crippen molar-refractivity contribution in [1.29, 1.82) is 0 Å². The predicted octanol–water partition coefficient (Wildman–Crippen LogP) is 0.865. The van der Waals surface area contributed by atoms with Crippen molar-refractivity contribution in [2.75, 3.05) is 5.73 Å². The molecular formula is C18H16Br2ClN3O. The van der Waals surface area contributed by atoms with Crippen molar-refractivity contribution in [3.8, 4) is 11.3 Å². The van der Waals surface area contributed by atoms with Gasteiger partial charge in [-0.2, -0.15) is 0 Å². The first kappa shape index (κ1) is 19.7. The summed E-state index contributed by atoms with van der Waals surface area (Å²) in [4.78, 5) is 12.5. The number of nitrogens with two attached hydrogens (primary N) is 1. The first-order valence-corrected chi connectivity index (χ1v) is 8.52. The third kappa shape index (κ3) is 4.32. The van der Waals surface area contributed by atoms with Crippen LogP contribution < -0.4 is 27.3 Å². The lowest BCUT2D eigenvalue weighted by atomic mass is 10.1. The Labute approximate surface area is 170 Å². The molecule has 0 atom stereocenters. The molecule has 0 radical (unpaired) electrons. The summed E-state index contributed by atoms with van der Waals surface area (Å²) in [5.41, 5.74) is 8.67. The quantitative estimate of drug-likeness (QED) is 0.441. The van der Waals surface area contributed by atoms with E-state index in [1.165, 1.54) is 0 Å². The van der Waals surface area contributed by atoms with Crippen molar-refractivity contribution in [3.63, 3.8) is 0 Å². The third-order valence-corrected chi connectivity index (χ3v) is 4.64. The van der Waals surface area contributed by atoms with E-state index in [2.05, 4.69) is 15.9 Å². The number of nitrogen functional groups attached to an aromatic ring is 1. The predicted molar refractivity (Wildman–Crippen MR) is 98.9 cm³/mol. The molecule has 0 aliphatic carbocycles. The zero-order chi connectivity index (χ0) is 17.3. The number of Topliss-reactive ketones (excluding diaryl/α,β-unsaturated/α-hetero) is 1. The normalized spacial score (nSPS) is 10.4. The summed E-state index contributed by atoms with van der Waals surface area (Å²) in [5.74, 6) is 0.512. The molecule has 2 N–H and O–H groups in total. The summed E-state index contributed by atoms with van der Waals surface area (Å²) < 4.78 is 4.54. The molecule has 4 nitrogen and oxygen atoms in total. The number of hydrogen-bond donors (Lipinski definition) is 1. The lowest BCUT2D eigenvalue weighted by Crippen LogP contribution is -3.00. The molecule has 1 heterocycles. The Hall–Kier alpha value is -1.63. The number of ketones is 1. The largest absolute Gasteiger partial charge is 1.00 e. The van der Waals surface area contributed by atoms with Gasteiger partial charge in [-0.1, -0.05) is 51.8 Å². The van der Waals surface area contributed by atoms with E-state index in [4.69, 9.17) is 17.3 Å². The second kappa shape index (κ2) is 8.17. The topological polar surface area (TPSA) is 51.9 Å². The Kier molecular flexibility index (Phi) is 6.43. The molecule has 0 amide bonds. The van der Waals surface area contributed by atoms with Crippen LogP contribution >= 0.6 is 27.5 Å². The van der Waals surface area contributed by atoms with Gasteiger partial charge in [-0.05, 0) is 24.3 Å². The van der Waals surface area contributed by atoms with Gasteiger partial charge in [-0.3, -0.25) is 10.5 Å². The van der Waals surface area contributed by atoms with Gasteiger partial charge >= 0.3 is 5.95 Å². The number of aromatic nitrogens is 2. The highest BCUT2D eigenvalue weighted by Crippen LogP contribution is 2.23. The van der Waals surface area contributed by atoms with Gasteiger partial charge in [-0.15, -0.1) is 0 Å². The highest BCUT2D eigenvalue weighted by Gasteiger charge is 2.20. The third-order valence-electron chi connectivity index (χ3n) is 3.88. The molecule has 0 bridgehead atoms. The van der Waals surface area contributed by atoms with Gasteiger partial charge in [0.2, 0.25) is 0 Å². The summed E-state index contributed by atoms with van der Waals surface area (Å²) in [6.07, 6.45) is 1.87. The summed E-state index contributed by atoms with van der Waals surface area (Å²) in [5, 5.41) is 0.657. The van der Waals surface area contributed by atoms with Crippen molar-refractivity contribution < 1.29 is 26.3 Å². The highest BCUT2D eigenvalue weighted by molar-refractivity contribution is 9.10. The second-order valence-electron chi connectivity index (χ2n) is 5.50. The number of hydrogen-bond acceptors (Lipinski definition) is 2. The van der Waals surface area contributed by atoms with E-state index in [-0.39, 0.29) is 29.3 Å². The van der Waals surface area contributed by atoms with Crippen molar-refractivity contribution in [2.45, 2.75) is 6.54 Å². The smallest absolute Gasteiger partial charge is 0.355 e. The summed E-state index contributed by atoms with van der Waals surface area (Å²) in [6.45, 7) is 0.182. The molecule has 1 aromatic heterocycles. The fourth-order valence-corrected chi connectivity index (χ4v) is 3.00. The molecule has 7 heteroatoms. The molecule has 3 aromatic rings. The average molecular weight is 486 g/mol. The number of carbonyl (C=O) groups excluding carboxylic acids is 1. The zero-order valence-corrected chi connectivity index (χ0v) is 17.3. The van der Waals surface area contributed by atoms with Gasteiger partial charge in [0.15, 0.2) is 5.78 Å². The molecule has 0 aliphatic rings. The van der Waals surface area contributed by atoms with Crippen LogP contribution in [0.3, 0.4) is 0 Å². The van der Waals surface area contributed by atoms with Crippen LogP contribution in [0.2, 0.25) is 5.02 Å². The van der Waals surface area contributed by atoms with Gasteiger partial charge in [0.05, 0.1) is 7.05 Å². The Balaban J connectivity index is 0.00000225. The first-order chi connectivity index (χ1) is 11.5. The average Bonchev–Trinajstić information content (AvgIpc) is 2.84. The molecule has 25 heavy (non-hydrogen) atoms. The Bertz CT molecular complexity index is 907. The van der Waals surface area contributed by atoms with Crippen LogP contribution in [0.25, 0.3) is 11.3 Å². The van der Waals surface area contributed by atoms with Gasteiger partial charge in [0.1, 0.15) is 18.4 Å². The maximum absolute atomic E-state index is 12.5. The van der Waals surface area contributed by atoms with Crippen molar-refractivity contribution in [1.82, 2.24) is 4.57 Å². The monoisotopic (exact) mass is 483 g/mol. The Morgan fingerprint density at radius 3 is 2.56 bits per heavy atom. The number of imidazole rings is 1. The Morgan fingerprint density at radius 2 is 1.92 bits per heavy atom. The number of anilines is 1. The number of halogens is 3. The van der Waals surface area contributed by atoms with Crippen LogP contribution in [-0.4, -0.2) is 10.4 Å². The molecule has 130 valence electrons. The SMILES string of the molecule is Cn1c(-c2cccc(Cl)c2)c[n+](CC(=O)c2ccc(Br)cc2)c1N.[Br-]. The van der Waals surface area contributed by atoms with Gasteiger partial charge < -0.3 is 17.0 Å². The van der Waals surface area contributed by atoms with Gasteiger partial charge in [0, 0.05) is 20.6 Å². The van der Waals surface area contributed by atoms with Crippen LogP contribution in [0.1, 0.15) is 10.4 Å². The molecule has 0 saturated carbocycles. The summed E-state index contributed by atoms with van der Waals surface area (Å²) in [7, 11) is 1.87. The molecule has 0 saturated heterocycles. The Morgan fingerprint density at radius 1 is 1.24 bits per heavy atom. The van der Waals surface area contributed by atoms with E-state index in [1.54, 1.807) is 16.7 Å². The molecule has 0 fully saturated rings. The van der Waals surface area contributed by atoms with Crippen LogP contribution in [0.15, 0.2) is 59.2 Å². The molecule has 2 aromatic carbocycles.